The average molecular weight is 302 g/mol. The van der Waals surface area contributed by atoms with Crippen LogP contribution in [-0.2, 0) is 0 Å². The Bertz CT molecular complexity index is 403. The van der Waals surface area contributed by atoms with Crippen LogP contribution < -0.4 is 10.1 Å². The van der Waals surface area contributed by atoms with Crippen molar-refractivity contribution in [3.63, 3.8) is 0 Å². The molecule has 0 amide bonds. The first-order chi connectivity index (χ1) is 9.15. The Labute approximate surface area is 125 Å². The van der Waals surface area contributed by atoms with Gasteiger partial charge in [-0.05, 0) is 43.7 Å². The molecule has 1 aliphatic rings. The molecule has 0 spiro atoms. The van der Waals surface area contributed by atoms with Gasteiger partial charge in [0.15, 0.2) is 0 Å². The number of benzene rings is 1. The molecule has 0 aromatic heterocycles. The first kappa shape index (κ1) is 15.0. The SMILES string of the molecule is CC1CCC(NCCOc2cc(Cl)ccc2Cl)CC1. The third kappa shape index (κ3) is 4.87. The van der Waals surface area contributed by atoms with Crippen molar-refractivity contribution in [2.24, 2.45) is 5.92 Å². The largest absolute Gasteiger partial charge is 0.491 e. The number of hydrogen-bond donors (Lipinski definition) is 1. The highest BCUT2D eigenvalue weighted by atomic mass is 35.5. The Kier molecular flexibility index (Phi) is 5.80. The summed E-state index contributed by atoms with van der Waals surface area (Å²) in [6.45, 7) is 3.80. The van der Waals surface area contributed by atoms with E-state index in [0.29, 0.717) is 28.4 Å². The van der Waals surface area contributed by atoms with Crippen molar-refractivity contribution in [1.29, 1.82) is 0 Å². The van der Waals surface area contributed by atoms with E-state index in [4.69, 9.17) is 27.9 Å². The molecule has 106 valence electrons. The maximum atomic E-state index is 6.04. The minimum absolute atomic E-state index is 0.607. The Morgan fingerprint density at radius 2 is 1.95 bits per heavy atom. The van der Waals surface area contributed by atoms with Gasteiger partial charge >= 0.3 is 0 Å². The summed E-state index contributed by atoms with van der Waals surface area (Å²) in [5.41, 5.74) is 0. The van der Waals surface area contributed by atoms with Crippen LogP contribution in [0.4, 0.5) is 0 Å². The summed E-state index contributed by atoms with van der Waals surface area (Å²) in [6.07, 6.45) is 5.22. The molecule has 0 saturated heterocycles. The Morgan fingerprint density at radius 1 is 1.21 bits per heavy atom. The molecule has 0 unspecified atom stereocenters. The Morgan fingerprint density at radius 3 is 2.68 bits per heavy atom. The zero-order valence-electron chi connectivity index (χ0n) is 11.3. The van der Waals surface area contributed by atoms with Crippen LogP contribution in [0.1, 0.15) is 32.6 Å². The van der Waals surface area contributed by atoms with Gasteiger partial charge in [-0.15, -0.1) is 0 Å². The maximum absolute atomic E-state index is 6.04. The summed E-state index contributed by atoms with van der Waals surface area (Å²) < 4.78 is 5.65. The highest BCUT2D eigenvalue weighted by Crippen LogP contribution is 2.27. The van der Waals surface area contributed by atoms with Crippen LogP contribution in [-0.4, -0.2) is 19.2 Å². The second-order valence-electron chi connectivity index (χ2n) is 5.33. The van der Waals surface area contributed by atoms with Gasteiger partial charge in [-0.3, -0.25) is 0 Å². The lowest BCUT2D eigenvalue weighted by molar-refractivity contribution is 0.270. The smallest absolute Gasteiger partial charge is 0.139 e. The number of rotatable bonds is 5. The zero-order valence-corrected chi connectivity index (χ0v) is 12.8. The van der Waals surface area contributed by atoms with Crippen molar-refractivity contribution in [2.45, 2.75) is 38.6 Å². The lowest BCUT2D eigenvalue weighted by atomic mass is 9.87. The number of ether oxygens (including phenoxy) is 1. The quantitative estimate of drug-likeness (QED) is 0.806. The van der Waals surface area contributed by atoms with E-state index >= 15 is 0 Å². The normalized spacial score (nSPS) is 23.3. The molecule has 1 fully saturated rings. The van der Waals surface area contributed by atoms with E-state index in [9.17, 15) is 0 Å². The van der Waals surface area contributed by atoms with Gasteiger partial charge < -0.3 is 10.1 Å². The van der Waals surface area contributed by atoms with Crippen LogP contribution in [0.15, 0.2) is 18.2 Å². The fourth-order valence-corrected chi connectivity index (χ4v) is 2.81. The third-order valence-corrected chi connectivity index (χ3v) is 4.25. The first-order valence-corrected chi connectivity index (χ1v) is 7.72. The number of hydrogen-bond acceptors (Lipinski definition) is 2. The van der Waals surface area contributed by atoms with Crippen molar-refractivity contribution in [3.8, 4) is 5.75 Å². The van der Waals surface area contributed by atoms with Crippen LogP contribution >= 0.6 is 23.2 Å². The molecule has 4 heteroatoms. The summed E-state index contributed by atoms with van der Waals surface area (Å²) in [4.78, 5) is 0. The average Bonchev–Trinajstić information content (AvgIpc) is 2.40. The maximum Gasteiger partial charge on any atom is 0.139 e. The van der Waals surface area contributed by atoms with E-state index in [1.165, 1.54) is 25.7 Å². The molecule has 1 aromatic carbocycles. The molecule has 2 nitrogen and oxygen atoms in total. The fourth-order valence-electron chi connectivity index (χ4n) is 2.48. The van der Waals surface area contributed by atoms with Crippen molar-refractivity contribution in [3.05, 3.63) is 28.2 Å². The summed E-state index contributed by atoms with van der Waals surface area (Å²) in [7, 11) is 0. The molecule has 1 N–H and O–H groups in total. The second-order valence-corrected chi connectivity index (χ2v) is 6.18. The molecule has 2 rings (SSSR count). The van der Waals surface area contributed by atoms with Gasteiger partial charge in [0.2, 0.25) is 0 Å². The van der Waals surface area contributed by atoms with Gasteiger partial charge in [-0.25, -0.2) is 0 Å². The molecule has 0 atom stereocenters. The van der Waals surface area contributed by atoms with E-state index in [0.717, 1.165) is 12.5 Å². The van der Waals surface area contributed by atoms with E-state index in [1.54, 1.807) is 18.2 Å². The molecule has 19 heavy (non-hydrogen) atoms. The molecule has 0 aliphatic heterocycles. The van der Waals surface area contributed by atoms with E-state index in [-0.39, 0.29) is 0 Å². The standard InChI is InChI=1S/C15H21Cl2NO/c1-11-2-5-13(6-3-11)18-8-9-19-15-10-12(16)4-7-14(15)17/h4,7,10-11,13,18H,2-3,5-6,8-9H2,1H3. The van der Waals surface area contributed by atoms with Gasteiger partial charge in [0.05, 0.1) is 5.02 Å². The summed E-state index contributed by atoms with van der Waals surface area (Å²) in [5, 5.41) is 4.80. The molecule has 1 saturated carbocycles. The van der Waals surface area contributed by atoms with Crippen LogP contribution in [0.2, 0.25) is 10.0 Å². The minimum Gasteiger partial charge on any atom is -0.491 e. The summed E-state index contributed by atoms with van der Waals surface area (Å²) in [6, 6.07) is 5.93. The highest BCUT2D eigenvalue weighted by molar-refractivity contribution is 6.34. The van der Waals surface area contributed by atoms with Crippen LogP contribution in [0, 0.1) is 5.92 Å². The molecule has 1 aromatic rings. The predicted molar refractivity (Wildman–Crippen MR) is 81.4 cm³/mol. The van der Waals surface area contributed by atoms with E-state index < -0.39 is 0 Å². The van der Waals surface area contributed by atoms with Gasteiger partial charge in [-0.1, -0.05) is 30.1 Å². The van der Waals surface area contributed by atoms with Gasteiger partial charge in [-0.2, -0.15) is 0 Å². The van der Waals surface area contributed by atoms with Crippen LogP contribution in [0.3, 0.4) is 0 Å². The lowest BCUT2D eigenvalue weighted by Crippen LogP contribution is -2.35. The van der Waals surface area contributed by atoms with E-state index in [2.05, 4.69) is 12.2 Å². The third-order valence-electron chi connectivity index (χ3n) is 3.70. The van der Waals surface area contributed by atoms with Gasteiger partial charge in [0.25, 0.3) is 0 Å². The molecule has 1 aliphatic carbocycles. The summed E-state index contributed by atoms with van der Waals surface area (Å²) in [5.74, 6) is 1.55. The van der Waals surface area contributed by atoms with Gasteiger partial charge in [0.1, 0.15) is 12.4 Å². The fraction of sp³-hybridized carbons (Fsp3) is 0.600. The van der Waals surface area contributed by atoms with Crippen molar-refractivity contribution in [1.82, 2.24) is 5.32 Å². The molecule has 0 heterocycles. The van der Waals surface area contributed by atoms with Gasteiger partial charge in [0, 0.05) is 23.7 Å². The Hall–Kier alpha value is -0.440. The topological polar surface area (TPSA) is 21.3 Å². The van der Waals surface area contributed by atoms with Crippen LogP contribution in [0.5, 0.6) is 5.75 Å². The molecular weight excluding hydrogens is 281 g/mol. The molecule has 0 radical (unpaired) electrons. The van der Waals surface area contributed by atoms with Crippen molar-refractivity contribution < 1.29 is 4.74 Å². The zero-order chi connectivity index (χ0) is 13.7. The molecular formula is C15H21Cl2NO. The monoisotopic (exact) mass is 301 g/mol. The number of halogens is 2. The van der Waals surface area contributed by atoms with Crippen LogP contribution in [0.25, 0.3) is 0 Å². The second kappa shape index (κ2) is 7.37. The minimum atomic E-state index is 0.607. The van der Waals surface area contributed by atoms with E-state index in [1.807, 2.05) is 0 Å². The summed E-state index contributed by atoms with van der Waals surface area (Å²) >= 11 is 11.9. The number of nitrogens with one attached hydrogen (secondary N) is 1. The first-order valence-electron chi connectivity index (χ1n) is 6.96. The Balaban J connectivity index is 1.68. The molecule has 0 bridgehead atoms. The highest BCUT2D eigenvalue weighted by Gasteiger charge is 2.17. The van der Waals surface area contributed by atoms with Crippen molar-refractivity contribution >= 4 is 23.2 Å². The predicted octanol–water partition coefficient (Wildman–Crippen LogP) is 4.54. The lowest BCUT2D eigenvalue weighted by Gasteiger charge is -2.27. The van der Waals surface area contributed by atoms with Crippen molar-refractivity contribution in [2.75, 3.05) is 13.2 Å².